The maximum Gasteiger partial charge on any atom is 0.255 e. The fraction of sp³-hybridized carbons (Fsp3) is 0.485. The molecule has 4 aromatic rings. The third-order valence-corrected chi connectivity index (χ3v) is 9.53. The molecule has 7 rings (SSSR count). The van der Waals surface area contributed by atoms with Gasteiger partial charge in [-0.05, 0) is 69.2 Å². The number of hydrogen-bond acceptors (Lipinski definition) is 5. The van der Waals surface area contributed by atoms with Crippen molar-refractivity contribution in [1.82, 2.24) is 24.0 Å². The SMILES string of the molecule is CO[C@@H](C)C(=O)N1CC(c2cccc3cc(-c4nn5cc(C(=O)N6CCC[C@@H](N)C6)ccc5c4C)n(CC4CC4)c23)C1. The minimum atomic E-state index is -0.418. The van der Waals surface area contributed by atoms with Crippen LogP contribution in [0.2, 0.25) is 0 Å². The summed E-state index contributed by atoms with van der Waals surface area (Å²) in [5.41, 5.74) is 13.5. The molecule has 3 fully saturated rings. The zero-order chi connectivity index (χ0) is 29.1. The van der Waals surface area contributed by atoms with E-state index in [4.69, 9.17) is 15.6 Å². The molecule has 2 atom stereocenters. The highest BCUT2D eigenvalue weighted by Gasteiger charge is 2.36. The lowest BCUT2D eigenvalue weighted by Gasteiger charge is -2.41. The summed E-state index contributed by atoms with van der Waals surface area (Å²) in [4.78, 5) is 29.7. The molecule has 2 amide bonds. The highest BCUT2D eigenvalue weighted by atomic mass is 16.5. The van der Waals surface area contributed by atoms with E-state index in [9.17, 15) is 9.59 Å². The predicted octanol–water partition coefficient (Wildman–Crippen LogP) is 4.20. The second kappa shape index (κ2) is 10.5. The van der Waals surface area contributed by atoms with E-state index < -0.39 is 6.10 Å². The van der Waals surface area contributed by atoms with Crippen LogP contribution in [0.25, 0.3) is 27.8 Å². The van der Waals surface area contributed by atoms with Gasteiger partial charge in [0.15, 0.2) is 0 Å². The first-order chi connectivity index (χ1) is 20.3. The number of aryl methyl sites for hydroxylation is 1. The van der Waals surface area contributed by atoms with Crippen molar-refractivity contribution in [3.05, 3.63) is 59.3 Å². The summed E-state index contributed by atoms with van der Waals surface area (Å²) in [6.45, 7) is 7.65. The molecule has 3 aromatic heterocycles. The fourth-order valence-electron chi connectivity index (χ4n) is 6.76. The average molecular weight is 569 g/mol. The van der Waals surface area contributed by atoms with Gasteiger partial charge in [-0.1, -0.05) is 18.2 Å². The maximum absolute atomic E-state index is 13.3. The Kier molecular flexibility index (Phi) is 6.82. The van der Waals surface area contributed by atoms with E-state index in [0.29, 0.717) is 37.0 Å². The van der Waals surface area contributed by atoms with Gasteiger partial charge in [0.05, 0.1) is 22.3 Å². The molecule has 9 nitrogen and oxygen atoms in total. The summed E-state index contributed by atoms with van der Waals surface area (Å²) in [6, 6.07) is 12.8. The minimum Gasteiger partial charge on any atom is -0.372 e. The molecule has 0 bridgehead atoms. The van der Waals surface area contributed by atoms with Gasteiger partial charge in [-0.2, -0.15) is 5.10 Å². The van der Waals surface area contributed by atoms with Crippen molar-refractivity contribution in [2.24, 2.45) is 11.7 Å². The highest BCUT2D eigenvalue weighted by Crippen LogP contribution is 2.41. The summed E-state index contributed by atoms with van der Waals surface area (Å²) in [5, 5.41) is 6.28. The van der Waals surface area contributed by atoms with Gasteiger partial charge in [0.2, 0.25) is 0 Å². The van der Waals surface area contributed by atoms with Gasteiger partial charge in [0.25, 0.3) is 11.8 Å². The Balaban J connectivity index is 1.25. The van der Waals surface area contributed by atoms with Crippen molar-refractivity contribution in [2.75, 3.05) is 33.3 Å². The van der Waals surface area contributed by atoms with Crippen molar-refractivity contribution in [2.45, 2.75) is 64.1 Å². The Labute approximate surface area is 246 Å². The molecule has 5 heterocycles. The number of nitrogens with two attached hydrogens (primary N) is 1. The molecule has 2 aliphatic heterocycles. The van der Waals surface area contributed by atoms with E-state index in [1.807, 2.05) is 39.6 Å². The van der Waals surface area contributed by atoms with Crippen molar-refractivity contribution in [3.8, 4) is 11.4 Å². The third kappa shape index (κ3) is 4.68. The standard InChI is InChI=1S/C33H40N6O3/c1-20-28-12-11-24(33(41)36-13-5-7-26(34)19-36)18-39(28)35-30(20)29-14-23-6-4-8-27(31(23)38(29)15-22-9-10-22)25-16-37(17-25)32(40)21(2)42-3/h4,6,8,11-12,14,18,21-22,25-26H,5,7,9-10,13,15-17,19,34H2,1-3H3/t21-,26+/m0/s1. The van der Waals surface area contributed by atoms with E-state index in [1.54, 1.807) is 7.11 Å². The van der Waals surface area contributed by atoms with Gasteiger partial charge in [0.1, 0.15) is 11.8 Å². The molecule has 0 radical (unpaired) electrons. The number of rotatable bonds is 7. The number of methoxy groups -OCH3 is 1. The summed E-state index contributed by atoms with van der Waals surface area (Å²) < 4.78 is 9.61. The van der Waals surface area contributed by atoms with Gasteiger partial charge in [-0.15, -0.1) is 0 Å². The van der Waals surface area contributed by atoms with Gasteiger partial charge >= 0.3 is 0 Å². The first-order valence-corrected chi connectivity index (χ1v) is 15.3. The molecule has 3 aliphatic rings. The number of piperidine rings is 1. The number of nitrogens with zero attached hydrogens (tertiary/aromatic N) is 5. The zero-order valence-corrected chi connectivity index (χ0v) is 24.8. The van der Waals surface area contributed by atoms with Crippen molar-refractivity contribution in [3.63, 3.8) is 0 Å². The quantitative estimate of drug-likeness (QED) is 0.360. The number of aromatic nitrogens is 3. The molecule has 2 saturated heterocycles. The molecule has 1 aromatic carbocycles. The van der Waals surface area contributed by atoms with Crippen LogP contribution in [-0.2, 0) is 16.1 Å². The number of hydrogen-bond donors (Lipinski definition) is 1. The van der Waals surface area contributed by atoms with Crippen LogP contribution in [0.4, 0.5) is 0 Å². The molecule has 1 saturated carbocycles. The molecule has 0 unspecified atom stereocenters. The van der Waals surface area contributed by atoms with Crippen LogP contribution in [0.1, 0.15) is 60.0 Å². The van der Waals surface area contributed by atoms with Gasteiger partial charge in [-0.25, -0.2) is 4.52 Å². The molecule has 42 heavy (non-hydrogen) atoms. The largest absolute Gasteiger partial charge is 0.372 e. The number of carbonyl (C=O) groups excluding carboxylic acids is 2. The monoisotopic (exact) mass is 568 g/mol. The second-order valence-corrected chi connectivity index (χ2v) is 12.6. The van der Waals surface area contributed by atoms with Crippen molar-refractivity contribution >= 4 is 28.2 Å². The molecular formula is C33H40N6O3. The lowest BCUT2D eigenvalue weighted by molar-refractivity contribution is -0.145. The lowest BCUT2D eigenvalue weighted by Crippen LogP contribution is -2.52. The number of amides is 2. The first kappa shape index (κ1) is 27.2. The Morgan fingerprint density at radius 1 is 1.10 bits per heavy atom. The van der Waals surface area contributed by atoms with E-state index in [2.05, 4.69) is 35.8 Å². The van der Waals surface area contributed by atoms with E-state index in [0.717, 1.165) is 48.4 Å². The van der Waals surface area contributed by atoms with Gasteiger partial charge in [-0.3, -0.25) is 9.59 Å². The van der Waals surface area contributed by atoms with Crippen LogP contribution in [-0.4, -0.2) is 81.2 Å². The minimum absolute atomic E-state index is 0.0159. The Morgan fingerprint density at radius 2 is 1.90 bits per heavy atom. The molecule has 9 heteroatoms. The first-order valence-electron chi connectivity index (χ1n) is 15.3. The van der Waals surface area contributed by atoms with E-state index >= 15 is 0 Å². The third-order valence-electron chi connectivity index (χ3n) is 9.53. The Bertz CT molecular complexity index is 1680. The summed E-state index contributed by atoms with van der Waals surface area (Å²) in [6.07, 6.45) is 5.85. The molecule has 220 valence electrons. The number of para-hydroxylation sites is 1. The molecule has 1 aliphatic carbocycles. The zero-order valence-electron chi connectivity index (χ0n) is 24.8. The number of fused-ring (bicyclic) bond motifs is 2. The van der Waals surface area contributed by atoms with Crippen LogP contribution >= 0.6 is 0 Å². The second-order valence-electron chi connectivity index (χ2n) is 12.6. The predicted molar refractivity (Wildman–Crippen MR) is 162 cm³/mol. The van der Waals surface area contributed by atoms with Gasteiger partial charge in [0, 0.05) is 68.9 Å². The summed E-state index contributed by atoms with van der Waals surface area (Å²) >= 11 is 0. The number of likely N-dealkylation sites (tertiary alicyclic amines) is 2. The Hall–Kier alpha value is -3.69. The van der Waals surface area contributed by atoms with E-state index in [1.165, 1.54) is 29.3 Å². The Morgan fingerprint density at radius 3 is 2.64 bits per heavy atom. The van der Waals surface area contributed by atoms with E-state index in [-0.39, 0.29) is 17.9 Å². The number of benzene rings is 1. The summed E-state index contributed by atoms with van der Waals surface area (Å²) in [5.74, 6) is 1.03. The highest BCUT2D eigenvalue weighted by molar-refractivity contribution is 5.95. The van der Waals surface area contributed by atoms with Crippen LogP contribution in [0, 0.1) is 12.8 Å². The van der Waals surface area contributed by atoms with Crippen LogP contribution < -0.4 is 5.73 Å². The van der Waals surface area contributed by atoms with Crippen molar-refractivity contribution in [1.29, 1.82) is 0 Å². The molecule has 0 spiro atoms. The number of carbonyl (C=O) groups is 2. The van der Waals surface area contributed by atoms with Crippen LogP contribution in [0.3, 0.4) is 0 Å². The normalized spacial score (nSPS) is 20.3. The topological polar surface area (TPSA) is 98.1 Å². The van der Waals surface area contributed by atoms with Crippen molar-refractivity contribution < 1.29 is 14.3 Å². The van der Waals surface area contributed by atoms with Crippen LogP contribution in [0.15, 0.2) is 42.6 Å². The summed E-state index contributed by atoms with van der Waals surface area (Å²) in [7, 11) is 1.58. The lowest BCUT2D eigenvalue weighted by atomic mass is 9.89. The van der Waals surface area contributed by atoms with Gasteiger partial charge < -0.3 is 24.8 Å². The fourth-order valence-corrected chi connectivity index (χ4v) is 6.76. The van der Waals surface area contributed by atoms with Crippen LogP contribution in [0.5, 0.6) is 0 Å². The number of ether oxygens (including phenoxy) is 1. The molecule has 2 N–H and O–H groups in total. The molecular weight excluding hydrogens is 528 g/mol. The maximum atomic E-state index is 13.3. The smallest absolute Gasteiger partial charge is 0.255 e. The average Bonchev–Trinajstić information content (AvgIpc) is 3.64. The number of pyridine rings is 1.